The molecule has 118 valence electrons. The summed E-state index contributed by atoms with van der Waals surface area (Å²) in [6, 6.07) is 9.72. The first-order chi connectivity index (χ1) is 11.0. The second-order valence-corrected chi connectivity index (χ2v) is 4.61. The lowest BCUT2D eigenvalue weighted by Crippen LogP contribution is -2.30. The van der Waals surface area contributed by atoms with E-state index in [4.69, 9.17) is 0 Å². The van der Waals surface area contributed by atoms with E-state index in [1.165, 1.54) is 25.4 Å². The van der Waals surface area contributed by atoms with E-state index in [9.17, 15) is 14.4 Å². The summed E-state index contributed by atoms with van der Waals surface area (Å²) in [5, 5.41) is 4.80. The van der Waals surface area contributed by atoms with Gasteiger partial charge in [0.2, 0.25) is 0 Å². The van der Waals surface area contributed by atoms with Gasteiger partial charge in [-0.3, -0.25) is 9.59 Å². The number of benzene rings is 1. The molecule has 1 heterocycles. The number of hydrogen-bond acceptors (Lipinski definition) is 5. The molecule has 2 N–H and O–H groups in total. The van der Waals surface area contributed by atoms with Crippen LogP contribution in [0.5, 0.6) is 0 Å². The number of nitrogens with one attached hydrogen (secondary N) is 2. The van der Waals surface area contributed by atoms with Gasteiger partial charge in [0.25, 0.3) is 0 Å². The number of amides is 2. The van der Waals surface area contributed by atoms with E-state index < -0.39 is 17.8 Å². The summed E-state index contributed by atoms with van der Waals surface area (Å²) in [6.45, 7) is 1.76. The number of aromatic nitrogens is 1. The van der Waals surface area contributed by atoms with Crippen molar-refractivity contribution >= 4 is 29.3 Å². The monoisotopic (exact) mass is 313 g/mol. The standard InChI is InChI=1S/C16H15N3O4/c1-10-6-5-9-17-13(10)19-15(21)14(20)18-12-8-4-3-7-11(12)16(22)23-2/h3-9H,1-2H3,(H,18,20)(H,17,19,21). The number of esters is 1. The maximum absolute atomic E-state index is 12.0. The summed E-state index contributed by atoms with van der Waals surface area (Å²) in [5.74, 6) is -2.10. The van der Waals surface area contributed by atoms with Crippen LogP contribution in [0.4, 0.5) is 11.5 Å². The Morgan fingerprint density at radius 1 is 1.00 bits per heavy atom. The molecule has 0 spiro atoms. The van der Waals surface area contributed by atoms with Crippen LogP contribution in [-0.4, -0.2) is 29.9 Å². The predicted octanol–water partition coefficient (Wildman–Crippen LogP) is 1.75. The molecule has 7 nitrogen and oxygen atoms in total. The Balaban J connectivity index is 2.12. The fourth-order valence-electron chi connectivity index (χ4n) is 1.84. The van der Waals surface area contributed by atoms with Crippen LogP contribution in [0.2, 0.25) is 0 Å². The van der Waals surface area contributed by atoms with Crippen molar-refractivity contribution in [3.63, 3.8) is 0 Å². The summed E-state index contributed by atoms with van der Waals surface area (Å²) >= 11 is 0. The average Bonchev–Trinajstić information content (AvgIpc) is 2.56. The number of rotatable bonds is 3. The Morgan fingerprint density at radius 3 is 2.39 bits per heavy atom. The molecule has 0 aliphatic heterocycles. The zero-order chi connectivity index (χ0) is 16.8. The van der Waals surface area contributed by atoms with Gasteiger partial charge in [0.15, 0.2) is 0 Å². The zero-order valence-electron chi connectivity index (χ0n) is 12.6. The molecule has 0 radical (unpaired) electrons. The van der Waals surface area contributed by atoms with Crippen LogP contribution in [0.3, 0.4) is 0 Å². The van der Waals surface area contributed by atoms with Gasteiger partial charge in [0.05, 0.1) is 18.4 Å². The fourth-order valence-corrected chi connectivity index (χ4v) is 1.84. The first-order valence-electron chi connectivity index (χ1n) is 6.74. The molecule has 7 heteroatoms. The summed E-state index contributed by atoms with van der Waals surface area (Å²) in [7, 11) is 1.23. The SMILES string of the molecule is COC(=O)c1ccccc1NC(=O)C(=O)Nc1ncccc1C. The molecule has 0 aliphatic carbocycles. The molecule has 0 unspecified atom stereocenters. The van der Waals surface area contributed by atoms with Gasteiger partial charge in [-0.1, -0.05) is 18.2 Å². The molecular weight excluding hydrogens is 298 g/mol. The summed E-state index contributed by atoms with van der Waals surface area (Å²) in [5.41, 5.74) is 1.08. The maximum Gasteiger partial charge on any atom is 0.339 e. The van der Waals surface area contributed by atoms with Crippen molar-refractivity contribution in [2.24, 2.45) is 0 Å². The molecule has 1 aromatic heterocycles. The number of para-hydroxylation sites is 1. The molecule has 0 fully saturated rings. The summed E-state index contributed by atoms with van der Waals surface area (Å²) < 4.78 is 4.63. The number of ether oxygens (including phenoxy) is 1. The van der Waals surface area contributed by atoms with Gasteiger partial charge in [-0.15, -0.1) is 0 Å². The Morgan fingerprint density at radius 2 is 1.70 bits per heavy atom. The van der Waals surface area contributed by atoms with Crippen LogP contribution >= 0.6 is 0 Å². The van der Waals surface area contributed by atoms with Crippen LogP contribution in [0.15, 0.2) is 42.6 Å². The predicted molar refractivity (Wildman–Crippen MR) is 84.0 cm³/mol. The minimum absolute atomic E-state index is 0.158. The number of pyridine rings is 1. The molecule has 0 bridgehead atoms. The van der Waals surface area contributed by atoms with Crippen LogP contribution in [0, 0.1) is 6.92 Å². The van der Waals surface area contributed by atoms with Crippen LogP contribution in [0.25, 0.3) is 0 Å². The second-order valence-electron chi connectivity index (χ2n) is 4.61. The average molecular weight is 313 g/mol. The van der Waals surface area contributed by atoms with Crippen molar-refractivity contribution in [1.82, 2.24) is 4.98 Å². The topological polar surface area (TPSA) is 97.4 Å². The molecule has 2 rings (SSSR count). The van der Waals surface area contributed by atoms with Gasteiger partial charge in [0, 0.05) is 6.20 Å². The van der Waals surface area contributed by atoms with Gasteiger partial charge >= 0.3 is 17.8 Å². The van der Waals surface area contributed by atoms with E-state index in [1.54, 1.807) is 31.2 Å². The third-order valence-corrected chi connectivity index (χ3v) is 3.03. The molecule has 0 saturated carbocycles. The third kappa shape index (κ3) is 3.91. The second kappa shape index (κ2) is 7.17. The van der Waals surface area contributed by atoms with E-state index >= 15 is 0 Å². The number of carbonyl (C=O) groups is 3. The van der Waals surface area contributed by atoms with E-state index in [1.807, 2.05) is 0 Å². The van der Waals surface area contributed by atoms with Crippen LogP contribution < -0.4 is 10.6 Å². The van der Waals surface area contributed by atoms with Crippen LogP contribution in [0.1, 0.15) is 15.9 Å². The van der Waals surface area contributed by atoms with E-state index in [-0.39, 0.29) is 11.3 Å². The van der Waals surface area contributed by atoms with E-state index in [0.29, 0.717) is 5.82 Å². The number of carbonyl (C=O) groups excluding carboxylic acids is 3. The van der Waals surface area contributed by atoms with Crippen molar-refractivity contribution in [2.75, 3.05) is 17.7 Å². The number of nitrogens with zero attached hydrogens (tertiary/aromatic N) is 1. The molecule has 2 amide bonds. The highest BCUT2D eigenvalue weighted by Crippen LogP contribution is 2.16. The Hall–Kier alpha value is -3.22. The fraction of sp³-hybridized carbons (Fsp3) is 0.125. The Labute approximate surface area is 132 Å². The number of aryl methyl sites for hydroxylation is 1. The number of anilines is 2. The minimum atomic E-state index is -0.911. The van der Waals surface area contributed by atoms with Crippen molar-refractivity contribution in [1.29, 1.82) is 0 Å². The normalized spacial score (nSPS) is 9.83. The maximum atomic E-state index is 12.0. The first-order valence-corrected chi connectivity index (χ1v) is 6.74. The highest BCUT2D eigenvalue weighted by Gasteiger charge is 2.19. The van der Waals surface area contributed by atoms with Crippen LogP contribution in [-0.2, 0) is 14.3 Å². The first kappa shape index (κ1) is 16.2. The van der Waals surface area contributed by atoms with Gasteiger partial charge < -0.3 is 15.4 Å². The van der Waals surface area contributed by atoms with Gasteiger partial charge in [-0.05, 0) is 30.7 Å². The summed E-state index contributed by atoms with van der Waals surface area (Å²) in [6.07, 6.45) is 1.51. The molecule has 0 saturated heterocycles. The van der Waals surface area contributed by atoms with Crippen molar-refractivity contribution in [3.05, 3.63) is 53.7 Å². The lowest BCUT2D eigenvalue weighted by Gasteiger charge is -2.10. The largest absolute Gasteiger partial charge is 0.465 e. The van der Waals surface area contributed by atoms with Gasteiger partial charge in [-0.2, -0.15) is 0 Å². The molecule has 0 atom stereocenters. The minimum Gasteiger partial charge on any atom is -0.465 e. The highest BCUT2D eigenvalue weighted by molar-refractivity contribution is 6.43. The highest BCUT2D eigenvalue weighted by atomic mass is 16.5. The van der Waals surface area contributed by atoms with Crippen molar-refractivity contribution in [2.45, 2.75) is 6.92 Å². The lowest BCUT2D eigenvalue weighted by molar-refractivity contribution is -0.133. The van der Waals surface area contributed by atoms with Gasteiger partial charge in [-0.25, -0.2) is 9.78 Å². The summed E-state index contributed by atoms with van der Waals surface area (Å²) in [4.78, 5) is 39.5. The van der Waals surface area contributed by atoms with Crippen molar-refractivity contribution in [3.8, 4) is 0 Å². The molecule has 23 heavy (non-hydrogen) atoms. The van der Waals surface area contributed by atoms with Gasteiger partial charge in [0.1, 0.15) is 5.82 Å². The molecule has 0 aliphatic rings. The van der Waals surface area contributed by atoms with Crippen molar-refractivity contribution < 1.29 is 19.1 Å². The lowest BCUT2D eigenvalue weighted by atomic mass is 10.2. The molecule has 1 aromatic carbocycles. The molecule has 2 aromatic rings. The number of hydrogen-bond donors (Lipinski definition) is 2. The van der Waals surface area contributed by atoms with E-state index in [2.05, 4.69) is 20.4 Å². The molecular formula is C16H15N3O4. The Bertz CT molecular complexity index is 758. The van der Waals surface area contributed by atoms with E-state index in [0.717, 1.165) is 5.56 Å². The smallest absolute Gasteiger partial charge is 0.339 e. The number of methoxy groups -OCH3 is 1. The zero-order valence-corrected chi connectivity index (χ0v) is 12.6. The third-order valence-electron chi connectivity index (χ3n) is 3.03. The quantitative estimate of drug-likeness (QED) is 0.664. The Kier molecular flexibility index (Phi) is 5.03.